The highest BCUT2D eigenvalue weighted by atomic mass is 32.1. The van der Waals surface area contributed by atoms with Crippen molar-refractivity contribution in [3.63, 3.8) is 0 Å². The molecule has 1 rings (SSSR count). The smallest absolute Gasteiger partial charge is 0.191 e. The van der Waals surface area contributed by atoms with Gasteiger partial charge in [-0.3, -0.25) is 4.99 Å². The second-order valence-electron chi connectivity index (χ2n) is 6.55. The van der Waals surface area contributed by atoms with Crippen LogP contribution in [0.1, 0.15) is 57.7 Å². The molecule has 144 valence electrons. The Hall–Kier alpha value is -1.14. The van der Waals surface area contributed by atoms with E-state index in [9.17, 15) is 0 Å². The highest BCUT2D eigenvalue weighted by Crippen LogP contribution is 2.12. The number of unbranched alkanes of at least 4 members (excludes halogenated alkanes) is 1. The molecule has 5 nitrogen and oxygen atoms in total. The average molecular weight is 369 g/mol. The van der Waals surface area contributed by atoms with Crippen molar-refractivity contribution in [2.45, 2.75) is 66.4 Å². The molecule has 0 spiro atoms. The Labute approximate surface area is 157 Å². The second kappa shape index (κ2) is 13.1. The van der Waals surface area contributed by atoms with Crippen LogP contribution in [0, 0.1) is 12.8 Å². The third-order valence-corrected chi connectivity index (χ3v) is 4.95. The van der Waals surface area contributed by atoms with E-state index in [0.717, 1.165) is 63.6 Å². The van der Waals surface area contributed by atoms with Gasteiger partial charge >= 0.3 is 0 Å². The highest BCUT2D eigenvalue weighted by Gasteiger charge is 2.12. The number of nitrogens with zero attached hydrogens (tertiary/aromatic N) is 2. The minimum atomic E-state index is 0.308. The van der Waals surface area contributed by atoms with Crippen molar-refractivity contribution >= 4 is 17.3 Å². The van der Waals surface area contributed by atoms with Gasteiger partial charge in [-0.15, -0.1) is 11.3 Å². The topological polar surface area (TPSA) is 58.5 Å². The number of ether oxygens (including phenoxy) is 1. The fourth-order valence-corrected chi connectivity index (χ4v) is 3.41. The molecule has 25 heavy (non-hydrogen) atoms. The third kappa shape index (κ3) is 9.80. The molecular weight excluding hydrogens is 332 g/mol. The maximum atomic E-state index is 5.80. The van der Waals surface area contributed by atoms with E-state index in [0.29, 0.717) is 12.0 Å². The summed E-state index contributed by atoms with van der Waals surface area (Å²) in [6.07, 6.45) is 4.59. The molecule has 0 saturated heterocycles. The van der Waals surface area contributed by atoms with Crippen LogP contribution in [0.15, 0.2) is 10.4 Å². The monoisotopic (exact) mass is 368 g/mol. The minimum Gasteiger partial charge on any atom is -0.378 e. The predicted molar refractivity (Wildman–Crippen MR) is 109 cm³/mol. The van der Waals surface area contributed by atoms with Gasteiger partial charge in [0.25, 0.3) is 0 Å². The number of hydrogen-bond donors (Lipinski definition) is 2. The van der Waals surface area contributed by atoms with Crippen molar-refractivity contribution in [3.8, 4) is 0 Å². The summed E-state index contributed by atoms with van der Waals surface area (Å²) >= 11 is 1.76. The molecule has 1 unspecified atom stereocenters. The Morgan fingerprint density at radius 3 is 2.68 bits per heavy atom. The largest absolute Gasteiger partial charge is 0.378 e. The maximum absolute atomic E-state index is 5.80. The van der Waals surface area contributed by atoms with Crippen LogP contribution in [0.25, 0.3) is 0 Å². The molecule has 0 aliphatic carbocycles. The summed E-state index contributed by atoms with van der Waals surface area (Å²) in [5.41, 5.74) is 1.13. The molecule has 0 saturated carbocycles. The van der Waals surface area contributed by atoms with Crippen LogP contribution in [-0.2, 0) is 11.2 Å². The van der Waals surface area contributed by atoms with Gasteiger partial charge in [0.05, 0.1) is 11.1 Å². The second-order valence-corrected chi connectivity index (χ2v) is 7.50. The number of aliphatic imine (C=N–C) groups is 1. The fraction of sp³-hybridized carbons (Fsp3) is 0.789. The molecule has 6 heteroatoms. The molecular formula is C19H36N4OS. The van der Waals surface area contributed by atoms with E-state index in [-0.39, 0.29) is 0 Å². The summed E-state index contributed by atoms with van der Waals surface area (Å²) in [7, 11) is 0. The Morgan fingerprint density at radius 2 is 2.08 bits per heavy atom. The zero-order valence-electron chi connectivity index (χ0n) is 16.6. The first-order valence-electron chi connectivity index (χ1n) is 9.61. The number of aryl methyl sites for hydroxylation is 2. The Balaban J connectivity index is 2.27. The number of thiazole rings is 1. The van der Waals surface area contributed by atoms with Crippen LogP contribution in [0.2, 0.25) is 0 Å². The molecule has 0 aromatic carbocycles. The first-order valence-corrected chi connectivity index (χ1v) is 10.5. The van der Waals surface area contributed by atoms with Crippen molar-refractivity contribution in [3.05, 3.63) is 16.1 Å². The Kier molecular flexibility index (Phi) is 11.5. The molecule has 0 bridgehead atoms. The van der Waals surface area contributed by atoms with Crippen molar-refractivity contribution < 1.29 is 4.74 Å². The number of hydrogen-bond acceptors (Lipinski definition) is 4. The summed E-state index contributed by atoms with van der Waals surface area (Å²) in [5, 5.41) is 10.1. The lowest BCUT2D eigenvalue weighted by Gasteiger charge is -2.21. The summed E-state index contributed by atoms with van der Waals surface area (Å²) in [6, 6.07) is 0. The first-order chi connectivity index (χ1) is 12.1. The molecule has 1 aromatic rings. The SMILES string of the molecule is CCNC(=NCCCCc1nc(C)cs1)NCCC(OCC)C(C)C. The van der Waals surface area contributed by atoms with Crippen LogP contribution in [0.5, 0.6) is 0 Å². The van der Waals surface area contributed by atoms with Gasteiger partial charge in [-0.05, 0) is 52.4 Å². The van der Waals surface area contributed by atoms with E-state index >= 15 is 0 Å². The van der Waals surface area contributed by atoms with Crippen LogP contribution in [-0.4, -0.2) is 43.3 Å². The van der Waals surface area contributed by atoms with Gasteiger partial charge in [0.15, 0.2) is 5.96 Å². The van der Waals surface area contributed by atoms with E-state index in [2.05, 4.69) is 53.7 Å². The van der Waals surface area contributed by atoms with Crippen LogP contribution < -0.4 is 10.6 Å². The lowest BCUT2D eigenvalue weighted by atomic mass is 10.0. The first kappa shape index (κ1) is 21.9. The molecule has 0 aliphatic rings. The van der Waals surface area contributed by atoms with Crippen molar-refractivity contribution in [1.29, 1.82) is 0 Å². The third-order valence-electron chi connectivity index (χ3n) is 3.93. The Bertz CT molecular complexity index is 488. The van der Waals surface area contributed by atoms with Gasteiger partial charge in [-0.25, -0.2) is 4.98 Å². The Morgan fingerprint density at radius 1 is 1.28 bits per heavy atom. The predicted octanol–water partition coefficient (Wildman–Crippen LogP) is 3.78. The number of nitrogens with one attached hydrogen (secondary N) is 2. The summed E-state index contributed by atoms with van der Waals surface area (Å²) in [4.78, 5) is 9.18. The lowest BCUT2D eigenvalue weighted by Crippen LogP contribution is -2.39. The molecule has 0 fully saturated rings. The normalized spacial score (nSPS) is 13.3. The van der Waals surface area contributed by atoms with E-state index in [1.54, 1.807) is 11.3 Å². The minimum absolute atomic E-state index is 0.308. The van der Waals surface area contributed by atoms with Crippen molar-refractivity contribution in [2.24, 2.45) is 10.9 Å². The summed E-state index contributed by atoms with van der Waals surface area (Å²) < 4.78 is 5.80. The quantitative estimate of drug-likeness (QED) is 0.335. The van der Waals surface area contributed by atoms with E-state index in [4.69, 9.17) is 4.74 Å². The standard InChI is InChI=1S/C19H36N4OS/c1-6-20-19(22-13-11-17(15(3)4)24-7-2)21-12-9-8-10-18-23-16(5)14-25-18/h14-15,17H,6-13H2,1-5H3,(H2,20,21,22). The average Bonchev–Trinajstić information content (AvgIpc) is 2.98. The highest BCUT2D eigenvalue weighted by molar-refractivity contribution is 7.09. The van der Waals surface area contributed by atoms with E-state index in [1.165, 1.54) is 5.01 Å². The van der Waals surface area contributed by atoms with Gasteiger partial charge in [0.1, 0.15) is 0 Å². The van der Waals surface area contributed by atoms with Gasteiger partial charge in [-0.2, -0.15) is 0 Å². The molecule has 0 amide bonds. The maximum Gasteiger partial charge on any atom is 0.191 e. The lowest BCUT2D eigenvalue weighted by molar-refractivity contribution is 0.0258. The van der Waals surface area contributed by atoms with Gasteiger partial charge in [-0.1, -0.05) is 13.8 Å². The molecule has 2 N–H and O–H groups in total. The molecule has 1 atom stereocenters. The van der Waals surface area contributed by atoms with Gasteiger partial charge < -0.3 is 15.4 Å². The number of guanidine groups is 1. The van der Waals surface area contributed by atoms with Gasteiger partial charge in [0, 0.05) is 37.3 Å². The molecule has 0 radical (unpaired) electrons. The zero-order valence-corrected chi connectivity index (χ0v) is 17.4. The molecule has 1 aromatic heterocycles. The van der Waals surface area contributed by atoms with Crippen LogP contribution in [0.4, 0.5) is 0 Å². The van der Waals surface area contributed by atoms with Crippen LogP contribution >= 0.6 is 11.3 Å². The van der Waals surface area contributed by atoms with Crippen LogP contribution in [0.3, 0.4) is 0 Å². The molecule has 0 aliphatic heterocycles. The zero-order chi connectivity index (χ0) is 18.5. The summed E-state index contributed by atoms with van der Waals surface area (Å²) in [6.45, 7) is 14.0. The fourth-order valence-electron chi connectivity index (χ4n) is 2.59. The number of rotatable bonds is 12. The molecule has 1 heterocycles. The van der Waals surface area contributed by atoms with Crippen molar-refractivity contribution in [1.82, 2.24) is 15.6 Å². The van der Waals surface area contributed by atoms with E-state index < -0.39 is 0 Å². The number of aromatic nitrogens is 1. The van der Waals surface area contributed by atoms with Crippen molar-refractivity contribution in [2.75, 3.05) is 26.2 Å². The van der Waals surface area contributed by atoms with E-state index in [1.807, 2.05) is 6.92 Å². The van der Waals surface area contributed by atoms with Gasteiger partial charge in [0.2, 0.25) is 0 Å². The summed E-state index contributed by atoms with van der Waals surface area (Å²) in [5.74, 6) is 1.45.